The Hall–Kier alpha value is -1.63. The Morgan fingerprint density at radius 2 is 1.69 bits per heavy atom. The van der Waals surface area contributed by atoms with Crippen molar-refractivity contribution >= 4 is 5.96 Å². The number of hydrogen-bond donors (Lipinski definition) is 2. The molecule has 0 bridgehead atoms. The molecule has 29 heavy (non-hydrogen) atoms. The van der Waals surface area contributed by atoms with Gasteiger partial charge in [-0.1, -0.05) is 44.0 Å². The maximum Gasteiger partial charge on any atom is 0.191 e. The van der Waals surface area contributed by atoms with Gasteiger partial charge in [-0.15, -0.1) is 0 Å². The SMILES string of the molecule is CCCCOCCOCCNC(=NC)NCc1ccccc1CN1CCCCC1. The number of guanidine groups is 1. The minimum atomic E-state index is 0.640. The molecule has 1 heterocycles. The van der Waals surface area contributed by atoms with Gasteiger partial charge in [0.1, 0.15) is 0 Å². The highest BCUT2D eigenvalue weighted by Gasteiger charge is 2.12. The van der Waals surface area contributed by atoms with Crippen molar-refractivity contribution in [1.29, 1.82) is 0 Å². The van der Waals surface area contributed by atoms with E-state index in [1.165, 1.54) is 49.9 Å². The summed E-state index contributed by atoms with van der Waals surface area (Å²) in [5.74, 6) is 0.806. The van der Waals surface area contributed by atoms with E-state index in [-0.39, 0.29) is 0 Å². The largest absolute Gasteiger partial charge is 0.379 e. The number of rotatable bonds is 13. The number of benzene rings is 1. The number of likely N-dealkylation sites (tertiary alicyclic amines) is 1. The van der Waals surface area contributed by atoms with E-state index in [1.807, 2.05) is 0 Å². The number of aliphatic imine (C=N–C) groups is 1. The third-order valence-electron chi connectivity index (χ3n) is 5.18. The highest BCUT2D eigenvalue weighted by Crippen LogP contribution is 2.16. The van der Waals surface area contributed by atoms with E-state index in [9.17, 15) is 0 Å². The molecular formula is C23H40N4O2. The molecule has 0 saturated carbocycles. The second kappa shape index (κ2) is 15.2. The molecule has 6 heteroatoms. The number of piperidine rings is 1. The van der Waals surface area contributed by atoms with Gasteiger partial charge in [-0.05, 0) is 43.5 Å². The molecule has 2 N–H and O–H groups in total. The van der Waals surface area contributed by atoms with Crippen molar-refractivity contribution in [3.05, 3.63) is 35.4 Å². The molecule has 0 amide bonds. The van der Waals surface area contributed by atoms with Gasteiger partial charge >= 0.3 is 0 Å². The Kier molecular flexibility index (Phi) is 12.4. The third-order valence-corrected chi connectivity index (χ3v) is 5.18. The van der Waals surface area contributed by atoms with Gasteiger partial charge in [0, 0.05) is 33.3 Å². The first kappa shape index (κ1) is 23.6. The summed E-state index contributed by atoms with van der Waals surface area (Å²) >= 11 is 0. The fraction of sp³-hybridized carbons (Fsp3) is 0.696. The van der Waals surface area contributed by atoms with Crippen LogP contribution in [0.2, 0.25) is 0 Å². The van der Waals surface area contributed by atoms with Crippen LogP contribution in [-0.2, 0) is 22.6 Å². The summed E-state index contributed by atoms with van der Waals surface area (Å²) in [6.45, 7) is 9.92. The lowest BCUT2D eigenvalue weighted by Crippen LogP contribution is -2.39. The Morgan fingerprint density at radius 1 is 0.966 bits per heavy atom. The van der Waals surface area contributed by atoms with Crippen molar-refractivity contribution in [2.45, 2.75) is 52.1 Å². The van der Waals surface area contributed by atoms with Gasteiger partial charge in [-0.2, -0.15) is 0 Å². The molecule has 0 atom stereocenters. The highest BCUT2D eigenvalue weighted by molar-refractivity contribution is 5.79. The molecule has 0 radical (unpaired) electrons. The predicted octanol–water partition coefficient (Wildman–Crippen LogP) is 3.17. The van der Waals surface area contributed by atoms with E-state index in [1.54, 1.807) is 7.05 Å². The van der Waals surface area contributed by atoms with Crippen LogP contribution in [0.15, 0.2) is 29.3 Å². The van der Waals surface area contributed by atoms with Crippen LogP contribution in [0, 0.1) is 0 Å². The number of hydrogen-bond acceptors (Lipinski definition) is 4. The molecule has 1 aliphatic rings. The summed E-state index contributed by atoms with van der Waals surface area (Å²) in [4.78, 5) is 6.89. The minimum absolute atomic E-state index is 0.640. The quantitative estimate of drug-likeness (QED) is 0.300. The molecule has 1 aromatic carbocycles. The van der Waals surface area contributed by atoms with E-state index in [4.69, 9.17) is 9.47 Å². The van der Waals surface area contributed by atoms with Gasteiger partial charge in [0.05, 0.1) is 19.8 Å². The smallest absolute Gasteiger partial charge is 0.191 e. The standard InChI is InChI=1S/C23H40N4O2/c1-3-4-15-28-17-18-29-16-12-25-23(24-2)26-19-21-10-6-7-11-22(21)20-27-13-8-5-9-14-27/h6-7,10-11H,3-5,8-9,12-20H2,1-2H3,(H2,24,25,26). The molecule has 1 fully saturated rings. The van der Waals surface area contributed by atoms with E-state index >= 15 is 0 Å². The lowest BCUT2D eigenvalue weighted by Gasteiger charge is -2.27. The molecule has 1 aromatic rings. The van der Waals surface area contributed by atoms with Crippen molar-refractivity contribution in [2.75, 3.05) is 53.1 Å². The van der Waals surface area contributed by atoms with Crippen molar-refractivity contribution in [2.24, 2.45) is 4.99 Å². The lowest BCUT2D eigenvalue weighted by atomic mass is 10.0. The number of nitrogens with one attached hydrogen (secondary N) is 2. The number of unbranched alkanes of at least 4 members (excludes halogenated alkanes) is 1. The molecule has 0 spiro atoms. The zero-order valence-corrected chi connectivity index (χ0v) is 18.4. The van der Waals surface area contributed by atoms with Gasteiger partial charge < -0.3 is 20.1 Å². The van der Waals surface area contributed by atoms with Crippen LogP contribution in [0.1, 0.15) is 50.2 Å². The van der Waals surface area contributed by atoms with Crippen molar-refractivity contribution < 1.29 is 9.47 Å². The highest BCUT2D eigenvalue weighted by atomic mass is 16.5. The second-order valence-corrected chi connectivity index (χ2v) is 7.54. The van der Waals surface area contributed by atoms with Crippen LogP contribution in [0.4, 0.5) is 0 Å². The second-order valence-electron chi connectivity index (χ2n) is 7.54. The van der Waals surface area contributed by atoms with Gasteiger partial charge in [0.25, 0.3) is 0 Å². The summed E-state index contributed by atoms with van der Waals surface area (Å²) in [7, 11) is 1.80. The normalized spacial score (nSPS) is 15.4. The summed E-state index contributed by atoms with van der Waals surface area (Å²) in [6, 6.07) is 8.71. The molecule has 0 aliphatic carbocycles. The molecule has 0 aromatic heterocycles. The van der Waals surface area contributed by atoms with E-state index in [0.717, 1.165) is 38.6 Å². The Bertz CT molecular complexity index is 574. The van der Waals surface area contributed by atoms with Gasteiger partial charge in [0.2, 0.25) is 0 Å². The molecular weight excluding hydrogens is 364 g/mol. The summed E-state index contributed by atoms with van der Waals surface area (Å²) in [5.41, 5.74) is 2.74. The van der Waals surface area contributed by atoms with E-state index in [0.29, 0.717) is 19.8 Å². The average molecular weight is 405 g/mol. The van der Waals surface area contributed by atoms with Crippen LogP contribution in [-0.4, -0.2) is 64.0 Å². The van der Waals surface area contributed by atoms with Gasteiger partial charge in [-0.25, -0.2) is 0 Å². The zero-order chi connectivity index (χ0) is 20.6. The first-order chi connectivity index (χ1) is 14.3. The zero-order valence-electron chi connectivity index (χ0n) is 18.4. The monoisotopic (exact) mass is 404 g/mol. The maximum atomic E-state index is 5.60. The molecule has 1 aliphatic heterocycles. The first-order valence-electron chi connectivity index (χ1n) is 11.2. The average Bonchev–Trinajstić information content (AvgIpc) is 2.76. The van der Waals surface area contributed by atoms with Gasteiger partial charge in [-0.3, -0.25) is 9.89 Å². The lowest BCUT2D eigenvalue weighted by molar-refractivity contribution is 0.0487. The maximum absolute atomic E-state index is 5.60. The molecule has 0 unspecified atom stereocenters. The number of ether oxygens (including phenoxy) is 2. The predicted molar refractivity (Wildman–Crippen MR) is 120 cm³/mol. The Balaban J connectivity index is 1.64. The van der Waals surface area contributed by atoms with Crippen molar-refractivity contribution in [3.8, 4) is 0 Å². The molecule has 164 valence electrons. The Morgan fingerprint density at radius 3 is 2.41 bits per heavy atom. The van der Waals surface area contributed by atoms with Crippen LogP contribution >= 0.6 is 0 Å². The van der Waals surface area contributed by atoms with E-state index < -0.39 is 0 Å². The van der Waals surface area contributed by atoms with Gasteiger partial charge in [0.15, 0.2) is 5.96 Å². The molecule has 2 rings (SSSR count). The topological polar surface area (TPSA) is 58.1 Å². The third kappa shape index (κ3) is 10.1. The van der Waals surface area contributed by atoms with Crippen LogP contribution in [0.5, 0.6) is 0 Å². The molecule has 1 saturated heterocycles. The van der Waals surface area contributed by atoms with Crippen molar-refractivity contribution in [3.63, 3.8) is 0 Å². The fourth-order valence-electron chi connectivity index (χ4n) is 3.45. The van der Waals surface area contributed by atoms with E-state index in [2.05, 4.69) is 51.7 Å². The molecule has 6 nitrogen and oxygen atoms in total. The minimum Gasteiger partial charge on any atom is -0.379 e. The van der Waals surface area contributed by atoms with Crippen molar-refractivity contribution in [1.82, 2.24) is 15.5 Å². The summed E-state index contributed by atoms with van der Waals surface area (Å²) in [5, 5.41) is 6.74. The van der Waals surface area contributed by atoms with Crippen LogP contribution in [0.3, 0.4) is 0 Å². The fourth-order valence-corrected chi connectivity index (χ4v) is 3.45. The first-order valence-corrected chi connectivity index (χ1v) is 11.2. The Labute approximate surface area is 177 Å². The number of nitrogens with zero attached hydrogens (tertiary/aromatic N) is 2. The summed E-state index contributed by atoms with van der Waals surface area (Å²) in [6.07, 6.45) is 6.30. The van der Waals surface area contributed by atoms with Crippen LogP contribution < -0.4 is 10.6 Å². The van der Waals surface area contributed by atoms with Crippen LogP contribution in [0.25, 0.3) is 0 Å². The summed E-state index contributed by atoms with van der Waals surface area (Å²) < 4.78 is 11.1.